The highest BCUT2D eigenvalue weighted by Crippen LogP contribution is 2.33. The van der Waals surface area contributed by atoms with E-state index in [1.807, 2.05) is 38.2 Å². The fraction of sp³-hybridized carbons (Fsp3) is 0.533. The zero-order valence-corrected chi connectivity index (χ0v) is 12.8. The van der Waals surface area contributed by atoms with Crippen LogP contribution in [0.1, 0.15) is 30.1 Å². The molecule has 112 valence electrons. The standard InChI is InChI=1S/C15H21N5O/c1-10-8-13(21-19-10)12-9-17-15(20(2)3)18-14(12)11-4-6-16-7-5-11/h8-9,11,16H,4-7H2,1-3H3. The van der Waals surface area contributed by atoms with Crippen LogP contribution in [0.15, 0.2) is 16.8 Å². The third kappa shape index (κ3) is 2.90. The maximum Gasteiger partial charge on any atom is 0.225 e. The van der Waals surface area contributed by atoms with Crippen molar-refractivity contribution in [2.75, 3.05) is 32.1 Å². The van der Waals surface area contributed by atoms with E-state index in [1.54, 1.807) is 0 Å². The summed E-state index contributed by atoms with van der Waals surface area (Å²) in [7, 11) is 3.92. The van der Waals surface area contributed by atoms with Crippen LogP contribution in [0.5, 0.6) is 0 Å². The van der Waals surface area contributed by atoms with E-state index < -0.39 is 0 Å². The first-order valence-electron chi connectivity index (χ1n) is 7.34. The van der Waals surface area contributed by atoms with Gasteiger partial charge in [-0.25, -0.2) is 9.97 Å². The molecule has 1 saturated heterocycles. The monoisotopic (exact) mass is 287 g/mol. The SMILES string of the molecule is Cc1cc(-c2cnc(N(C)C)nc2C2CCNCC2)on1. The van der Waals surface area contributed by atoms with Gasteiger partial charge in [0.1, 0.15) is 0 Å². The Morgan fingerprint density at radius 3 is 2.67 bits per heavy atom. The number of nitrogens with one attached hydrogen (secondary N) is 1. The van der Waals surface area contributed by atoms with Gasteiger partial charge in [0.25, 0.3) is 0 Å². The molecule has 21 heavy (non-hydrogen) atoms. The molecule has 0 radical (unpaired) electrons. The van der Waals surface area contributed by atoms with Gasteiger partial charge in [0, 0.05) is 32.3 Å². The molecule has 0 aromatic carbocycles. The van der Waals surface area contributed by atoms with Gasteiger partial charge in [0.15, 0.2) is 5.76 Å². The molecule has 0 saturated carbocycles. The number of rotatable bonds is 3. The minimum absolute atomic E-state index is 0.438. The van der Waals surface area contributed by atoms with Crippen LogP contribution in [0.4, 0.5) is 5.95 Å². The molecule has 0 unspecified atom stereocenters. The molecule has 6 heteroatoms. The van der Waals surface area contributed by atoms with Crippen molar-refractivity contribution in [2.24, 2.45) is 0 Å². The van der Waals surface area contributed by atoms with Crippen LogP contribution in [-0.4, -0.2) is 42.3 Å². The van der Waals surface area contributed by atoms with Gasteiger partial charge in [-0.2, -0.15) is 0 Å². The maximum atomic E-state index is 5.42. The van der Waals surface area contributed by atoms with Crippen molar-refractivity contribution in [2.45, 2.75) is 25.7 Å². The number of aryl methyl sites for hydroxylation is 1. The lowest BCUT2D eigenvalue weighted by molar-refractivity contribution is 0.422. The van der Waals surface area contributed by atoms with Crippen LogP contribution in [0.3, 0.4) is 0 Å². The van der Waals surface area contributed by atoms with Crippen molar-refractivity contribution < 1.29 is 4.52 Å². The summed E-state index contributed by atoms with van der Waals surface area (Å²) in [5.41, 5.74) is 2.91. The van der Waals surface area contributed by atoms with Crippen molar-refractivity contribution in [3.05, 3.63) is 23.7 Å². The van der Waals surface area contributed by atoms with Crippen molar-refractivity contribution in [3.63, 3.8) is 0 Å². The number of hydrogen-bond acceptors (Lipinski definition) is 6. The van der Waals surface area contributed by atoms with Gasteiger partial charge < -0.3 is 14.7 Å². The summed E-state index contributed by atoms with van der Waals surface area (Å²) >= 11 is 0. The summed E-state index contributed by atoms with van der Waals surface area (Å²) in [5, 5.41) is 7.38. The largest absolute Gasteiger partial charge is 0.356 e. The van der Waals surface area contributed by atoms with Gasteiger partial charge in [0.2, 0.25) is 5.95 Å². The highest BCUT2D eigenvalue weighted by Gasteiger charge is 2.23. The molecule has 0 spiro atoms. The van der Waals surface area contributed by atoms with E-state index in [0.29, 0.717) is 5.92 Å². The molecular weight excluding hydrogens is 266 g/mol. The first-order chi connectivity index (χ1) is 10.1. The van der Waals surface area contributed by atoms with E-state index in [4.69, 9.17) is 9.51 Å². The van der Waals surface area contributed by atoms with Gasteiger partial charge in [-0.3, -0.25) is 0 Å². The number of aromatic nitrogens is 3. The van der Waals surface area contributed by atoms with Crippen molar-refractivity contribution in [1.82, 2.24) is 20.4 Å². The predicted molar refractivity (Wildman–Crippen MR) is 81.4 cm³/mol. The molecule has 2 aromatic rings. The molecule has 1 aliphatic heterocycles. The fourth-order valence-corrected chi connectivity index (χ4v) is 2.69. The molecule has 3 rings (SSSR count). The second-order valence-corrected chi connectivity index (χ2v) is 5.72. The second kappa shape index (κ2) is 5.81. The number of hydrogen-bond donors (Lipinski definition) is 1. The lowest BCUT2D eigenvalue weighted by atomic mass is 9.91. The Labute approximate surface area is 124 Å². The third-order valence-corrected chi connectivity index (χ3v) is 3.82. The van der Waals surface area contributed by atoms with E-state index in [2.05, 4.69) is 15.5 Å². The molecule has 2 aromatic heterocycles. The molecule has 0 aliphatic carbocycles. The van der Waals surface area contributed by atoms with E-state index in [9.17, 15) is 0 Å². The van der Waals surface area contributed by atoms with Crippen LogP contribution >= 0.6 is 0 Å². The zero-order chi connectivity index (χ0) is 14.8. The molecule has 1 N–H and O–H groups in total. The lowest BCUT2D eigenvalue weighted by Gasteiger charge is -2.24. The summed E-state index contributed by atoms with van der Waals surface area (Å²) in [5.74, 6) is 1.93. The molecule has 0 bridgehead atoms. The smallest absolute Gasteiger partial charge is 0.225 e. The average molecular weight is 287 g/mol. The second-order valence-electron chi connectivity index (χ2n) is 5.72. The Morgan fingerprint density at radius 2 is 2.05 bits per heavy atom. The Kier molecular flexibility index (Phi) is 3.88. The molecule has 0 amide bonds. The average Bonchev–Trinajstić information content (AvgIpc) is 2.94. The third-order valence-electron chi connectivity index (χ3n) is 3.82. The van der Waals surface area contributed by atoms with E-state index >= 15 is 0 Å². The fourth-order valence-electron chi connectivity index (χ4n) is 2.69. The van der Waals surface area contributed by atoms with Gasteiger partial charge >= 0.3 is 0 Å². The first-order valence-corrected chi connectivity index (χ1v) is 7.34. The van der Waals surface area contributed by atoms with Gasteiger partial charge in [0.05, 0.1) is 17.0 Å². The highest BCUT2D eigenvalue weighted by molar-refractivity contribution is 5.61. The summed E-state index contributed by atoms with van der Waals surface area (Å²) in [6, 6.07) is 1.94. The van der Waals surface area contributed by atoms with Crippen molar-refractivity contribution in [3.8, 4) is 11.3 Å². The van der Waals surface area contributed by atoms with Crippen LogP contribution in [-0.2, 0) is 0 Å². The van der Waals surface area contributed by atoms with Crippen molar-refractivity contribution in [1.29, 1.82) is 0 Å². The van der Waals surface area contributed by atoms with E-state index in [0.717, 1.165) is 54.6 Å². The highest BCUT2D eigenvalue weighted by atomic mass is 16.5. The summed E-state index contributed by atoms with van der Waals surface area (Å²) < 4.78 is 5.42. The minimum Gasteiger partial charge on any atom is -0.356 e. The number of anilines is 1. The Balaban J connectivity index is 2.05. The predicted octanol–water partition coefficient (Wildman–Crippen LogP) is 1.97. The number of nitrogens with zero attached hydrogens (tertiary/aromatic N) is 4. The van der Waals surface area contributed by atoms with Gasteiger partial charge in [-0.15, -0.1) is 0 Å². The van der Waals surface area contributed by atoms with Crippen LogP contribution in [0, 0.1) is 6.92 Å². The van der Waals surface area contributed by atoms with Crippen molar-refractivity contribution >= 4 is 5.95 Å². The lowest BCUT2D eigenvalue weighted by Crippen LogP contribution is -2.27. The zero-order valence-electron chi connectivity index (χ0n) is 12.8. The summed E-state index contributed by atoms with van der Waals surface area (Å²) in [6.07, 6.45) is 4.04. The number of piperidine rings is 1. The Hall–Kier alpha value is -1.95. The molecule has 1 fully saturated rings. The van der Waals surface area contributed by atoms with E-state index in [-0.39, 0.29) is 0 Å². The van der Waals surface area contributed by atoms with Crippen LogP contribution in [0.25, 0.3) is 11.3 Å². The molecule has 1 aliphatic rings. The topological polar surface area (TPSA) is 67.1 Å². The van der Waals surface area contributed by atoms with Gasteiger partial charge in [-0.1, -0.05) is 5.16 Å². The molecule has 3 heterocycles. The molecule has 0 atom stereocenters. The summed E-state index contributed by atoms with van der Waals surface area (Å²) in [4.78, 5) is 11.1. The first kappa shape index (κ1) is 14.0. The summed E-state index contributed by atoms with van der Waals surface area (Å²) in [6.45, 7) is 3.98. The molecule has 6 nitrogen and oxygen atoms in total. The van der Waals surface area contributed by atoms with Gasteiger partial charge in [-0.05, 0) is 32.9 Å². The molecular formula is C15H21N5O. The quantitative estimate of drug-likeness (QED) is 0.931. The Morgan fingerprint density at radius 1 is 1.29 bits per heavy atom. The minimum atomic E-state index is 0.438. The Bertz CT molecular complexity index is 616. The van der Waals surface area contributed by atoms with Crippen LogP contribution in [0.2, 0.25) is 0 Å². The van der Waals surface area contributed by atoms with Crippen LogP contribution < -0.4 is 10.2 Å². The van der Waals surface area contributed by atoms with E-state index in [1.165, 1.54) is 0 Å². The maximum absolute atomic E-state index is 5.42. The normalized spacial score (nSPS) is 16.1.